The Balaban J connectivity index is 1.73. The molecule has 0 amide bonds. The van der Waals surface area contributed by atoms with Crippen LogP contribution in [0.5, 0.6) is 0 Å². The molecule has 0 aliphatic carbocycles. The van der Waals surface area contributed by atoms with Crippen LogP contribution in [0.3, 0.4) is 0 Å². The molecule has 3 unspecified atom stereocenters. The fourth-order valence-corrected chi connectivity index (χ4v) is 4.34. The lowest BCUT2D eigenvalue weighted by molar-refractivity contribution is 0.0996. The van der Waals surface area contributed by atoms with Gasteiger partial charge in [-0.1, -0.05) is 6.92 Å². The summed E-state index contributed by atoms with van der Waals surface area (Å²) in [6, 6.07) is -0.117. The number of aromatic nitrogens is 2. The molecule has 112 valence electrons. The Morgan fingerprint density at radius 3 is 3.00 bits per heavy atom. The number of hydrogen-bond acceptors (Lipinski definition) is 5. The molecule has 8 heteroatoms. The summed E-state index contributed by atoms with van der Waals surface area (Å²) in [5, 5.41) is 9.70. The molecule has 3 N–H and O–H groups in total. The quantitative estimate of drug-likeness (QED) is 0.693. The van der Waals surface area contributed by atoms with E-state index in [0.717, 1.165) is 25.8 Å². The summed E-state index contributed by atoms with van der Waals surface area (Å²) in [5.74, 6) is 0. The number of sulfonamides is 1. The summed E-state index contributed by atoms with van der Waals surface area (Å²) < 4.78 is 33.3. The molecule has 1 aromatic rings. The third-order valence-electron chi connectivity index (χ3n) is 3.92. The second kappa shape index (κ2) is 5.44. The van der Waals surface area contributed by atoms with E-state index in [-0.39, 0.29) is 23.3 Å². The van der Waals surface area contributed by atoms with Gasteiger partial charge in [0.05, 0.1) is 24.4 Å². The summed E-state index contributed by atoms with van der Waals surface area (Å²) >= 11 is 0. The minimum atomic E-state index is -3.57. The molecule has 3 rings (SSSR count). The normalized spacial score (nSPS) is 29.1. The zero-order valence-corrected chi connectivity index (χ0v) is 12.2. The van der Waals surface area contributed by atoms with Gasteiger partial charge in [-0.15, -0.1) is 0 Å². The third-order valence-corrected chi connectivity index (χ3v) is 5.43. The molecule has 7 nitrogen and oxygen atoms in total. The number of rotatable bonds is 6. The van der Waals surface area contributed by atoms with Crippen molar-refractivity contribution in [2.45, 2.75) is 56.0 Å². The maximum atomic E-state index is 12.4. The molecule has 3 heterocycles. The van der Waals surface area contributed by atoms with Gasteiger partial charge in [-0.2, -0.15) is 5.10 Å². The third kappa shape index (κ3) is 2.60. The molecule has 2 aliphatic heterocycles. The second-order valence-electron chi connectivity index (χ2n) is 5.34. The van der Waals surface area contributed by atoms with Crippen LogP contribution in [0.15, 0.2) is 11.2 Å². The van der Waals surface area contributed by atoms with Gasteiger partial charge < -0.3 is 10.1 Å². The molecule has 2 aliphatic rings. The average Bonchev–Trinajstić information content (AvgIpc) is 3.11. The molecule has 2 fully saturated rings. The molecular formula is C12H20N4O3S. The van der Waals surface area contributed by atoms with Crippen LogP contribution in [0.1, 0.15) is 31.7 Å². The van der Waals surface area contributed by atoms with E-state index < -0.39 is 10.0 Å². The summed E-state index contributed by atoms with van der Waals surface area (Å²) in [6.07, 6.45) is 4.53. The van der Waals surface area contributed by atoms with Crippen molar-refractivity contribution >= 4 is 10.0 Å². The number of hydrogen-bond donors (Lipinski definition) is 3. The van der Waals surface area contributed by atoms with Gasteiger partial charge in [0.25, 0.3) is 10.0 Å². The summed E-state index contributed by atoms with van der Waals surface area (Å²) in [7, 11) is -3.57. The first-order chi connectivity index (χ1) is 9.60. The van der Waals surface area contributed by atoms with E-state index >= 15 is 0 Å². The van der Waals surface area contributed by atoms with Gasteiger partial charge in [0.15, 0.2) is 5.03 Å². The van der Waals surface area contributed by atoms with Gasteiger partial charge >= 0.3 is 0 Å². The summed E-state index contributed by atoms with van der Waals surface area (Å²) in [6.45, 7) is 3.23. The minimum absolute atomic E-state index is 0.0231. The largest absolute Gasteiger partial charge is 0.373 e. The SMILES string of the molecule is CCNCc1cn[nH]c1S(=O)(=O)NC1CC2CCC1O2. The lowest BCUT2D eigenvalue weighted by atomic mass is 9.96. The smallest absolute Gasteiger partial charge is 0.258 e. The van der Waals surface area contributed by atoms with Crippen molar-refractivity contribution in [1.82, 2.24) is 20.2 Å². The van der Waals surface area contributed by atoms with E-state index in [1.807, 2.05) is 6.92 Å². The molecule has 2 saturated heterocycles. The minimum Gasteiger partial charge on any atom is -0.373 e. The number of H-pyrrole nitrogens is 1. The maximum absolute atomic E-state index is 12.4. The zero-order chi connectivity index (χ0) is 14.2. The Bertz CT molecular complexity index is 571. The zero-order valence-electron chi connectivity index (χ0n) is 11.4. The van der Waals surface area contributed by atoms with Crippen molar-refractivity contribution in [3.63, 3.8) is 0 Å². The molecule has 20 heavy (non-hydrogen) atoms. The lowest BCUT2D eigenvalue weighted by Crippen LogP contribution is -2.41. The van der Waals surface area contributed by atoms with Crippen molar-refractivity contribution in [1.29, 1.82) is 0 Å². The van der Waals surface area contributed by atoms with Crippen LogP contribution in [0.4, 0.5) is 0 Å². The predicted molar refractivity (Wildman–Crippen MR) is 72.6 cm³/mol. The number of nitrogens with zero attached hydrogens (tertiary/aromatic N) is 1. The summed E-state index contributed by atoms with van der Waals surface area (Å²) in [5.41, 5.74) is 0.656. The fraction of sp³-hybridized carbons (Fsp3) is 0.750. The standard InChI is InChI=1S/C12H20N4O3S/c1-2-13-6-8-7-14-15-12(8)20(17,18)16-10-5-9-3-4-11(10)19-9/h7,9-11,13,16H,2-6H2,1H3,(H,14,15). The van der Waals surface area contributed by atoms with Gasteiger partial charge in [0, 0.05) is 12.1 Å². The van der Waals surface area contributed by atoms with Crippen molar-refractivity contribution in [2.75, 3.05) is 6.54 Å². The van der Waals surface area contributed by atoms with Gasteiger partial charge in [-0.05, 0) is 25.8 Å². The average molecular weight is 300 g/mol. The molecule has 2 bridgehead atoms. The monoisotopic (exact) mass is 300 g/mol. The highest BCUT2D eigenvalue weighted by Crippen LogP contribution is 2.35. The first kappa shape index (κ1) is 14.0. The van der Waals surface area contributed by atoms with E-state index in [0.29, 0.717) is 12.1 Å². The highest BCUT2D eigenvalue weighted by atomic mass is 32.2. The molecule has 0 radical (unpaired) electrons. The highest BCUT2D eigenvalue weighted by Gasteiger charge is 2.43. The maximum Gasteiger partial charge on any atom is 0.258 e. The fourth-order valence-electron chi connectivity index (χ4n) is 2.94. The number of nitrogens with one attached hydrogen (secondary N) is 3. The van der Waals surface area contributed by atoms with E-state index in [1.165, 1.54) is 0 Å². The van der Waals surface area contributed by atoms with Gasteiger partial charge in [-0.25, -0.2) is 13.1 Å². The Kier molecular flexibility index (Phi) is 3.80. The number of aromatic amines is 1. The van der Waals surface area contributed by atoms with Crippen molar-refractivity contribution in [3.8, 4) is 0 Å². The molecule has 0 spiro atoms. The lowest BCUT2D eigenvalue weighted by Gasteiger charge is -2.19. The molecule has 0 aromatic carbocycles. The predicted octanol–water partition coefficient (Wildman–Crippen LogP) is 0.117. The first-order valence-electron chi connectivity index (χ1n) is 7.01. The van der Waals surface area contributed by atoms with Crippen LogP contribution >= 0.6 is 0 Å². The second-order valence-corrected chi connectivity index (χ2v) is 6.99. The Hall–Kier alpha value is -0.960. The van der Waals surface area contributed by atoms with Crippen molar-refractivity contribution < 1.29 is 13.2 Å². The van der Waals surface area contributed by atoms with Crippen molar-refractivity contribution in [3.05, 3.63) is 11.8 Å². The van der Waals surface area contributed by atoms with Crippen molar-refractivity contribution in [2.24, 2.45) is 0 Å². The number of fused-ring (bicyclic) bond motifs is 2. The van der Waals surface area contributed by atoms with Crippen LogP contribution in [0.25, 0.3) is 0 Å². The molecule has 1 aromatic heterocycles. The van der Waals surface area contributed by atoms with Crippen LogP contribution in [-0.4, -0.2) is 43.4 Å². The van der Waals surface area contributed by atoms with Gasteiger partial charge in [-0.3, -0.25) is 5.10 Å². The van der Waals surface area contributed by atoms with Crippen LogP contribution in [0.2, 0.25) is 0 Å². The van der Waals surface area contributed by atoms with Crippen LogP contribution in [0, 0.1) is 0 Å². The highest BCUT2D eigenvalue weighted by molar-refractivity contribution is 7.89. The van der Waals surface area contributed by atoms with E-state index in [2.05, 4.69) is 20.2 Å². The van der Waals surface area contributed by atoms with E-state index in [9.17, 15) is 8.42 Å². The molecular weight excluding hydrogens is 280 g/mol. The topological polar surface area (TPSA) is 96.1 Å². The Morgan fingerprint density at radius 1 is 1.50 bits per heavy atom. The van der Waals surface area contributed by atoms with Gasteiger partial charge in [0.1, 0.15) is 0 Å². The Morgan fingerprint density at radius 2 is 2.35 bits per heavy atom. The Labute approximate surface area is 118 Å². The van der Waals surface area contributed by atoms with Gasteiger partial charge in [0.2, 0.25) is 0 Å². The molecule has 3 atom stereocenters. The number of ether oxygens (including phenoxy) is 1. The molecule has 0 saturated carbocycles. The van der Waals surface area contributed by atoms with E-state index in [1.54, 1.807) is 6.20 Å². The van der Waals surface area contributed by atoms with E-state index in [4.69, 9.17) is 4.74 Å². The summed E-state index contributed by atoms with van der Waals surface area (Å²) in [4.78, 5) is 0. The van der Waals surface area contributed by atoms with Crippen LogP contribution in [-0.2, 0) is 21.3 Å². The van der Waals surface area contributed by atoms with Crippen LogP contribution < -0.4 is 10.0 Å². The first-order valence-corrected chi connectivity index (χ1v) is 8.49.